The van der Waals surface area contributed by atoms with Gasteiger partial charge in [0.15, 0.2) is 5.82 Å². The van der Waals surface area contributed by atoms with Gasteiger partial charge >= 0.3 is 0 Å². The molecule has 0 aliphatic heterocycles. The molecule has 0 unspecified atom stereocenters. The van der Waals surface area contributed by atoms with Crippen LogP contribution in [0.2, 0.25) is 5.02 Å². The first-order valence-corrected chi connectivity index (χ1v) is 11.1. The van der Waals surface area contributed by atoms with E-state index in [4.69, 9.17) is 16.3 Å². The number of carbonyl (C=O) groups is 1. The molecule has 0 aliphatic rings. The van der Waals surface area contributed by atoms with Crippen molar-refractivity contribution in [3.8, 4) is 5.75 Å². The Hall–Kier alpha value is -3.09. The largest absolute Gasteiger partial charge is 0.489 e. The van der Waals surface area contributed by atoms with Gasteiger partial charge in [0.2, 0.25) is 0 Å². The van der Waals surface area contributed by atoms with E-state index in [0.717, 1.165) is 22.4 Å². The second-order valence-electron chi connectivity index (χ2n) is 7.34. The normalized spacial score (nSPS) is 10.8. The van der Waals surface area contributed by atoms with Crippen LogP contribution in [0.4, 0.5) is 5.82 Å². The molecular weight excluding hydrogens is 430 g/mol. The molecule has 0 radical (unpaired) electrons. The number of aromatic nitrogens is 2. The molecule has 0 spiro atoms. The minimum atomic E-state index is -0.241. The average molecular weight is 452 g/mol. The standard InChI is InChI=1S/C24H22ClN3O2S/c1-16-6-5-8-18(10-16)12-28-13-20(25)23(27-28)26-24(29)22-11-19(15-31-22)14-30-21-9-4-3-7-17(21)2/h3-11,13,15H,12,14H2,1-2H3,(H,26,27,29). The summed E-state index contributed by atoms with van der Waals surface area (Å²) in [6, 6.07) is 17.9. The number of nitrogens with zero attached hydrogens (tertiary/aromatic N) is 2. The van der Waals surface area contributed by atoms with Crippen molar-refractivity contribution in [1.82, 2.24) is 9.78 Å². The molecular formula is C24H22ClN3O2S. The van der Waals surface area contributed by atoms with Gasteiger partial charge in [0.1, 0.15) is 17.4 Å². The van der Waals surface area contributed by atoms with Gasteiger partial charge in [-0.25, -0.2) is 0 Å². The van der Waals surface area contributed by atoms with Crippen LogP contribution in [0.15, 0.2) is 66.2 Å². The van der Waals surface area contributed by atoms with Crippen molar-refractivity contribution in [3.05, 3.63) is 98.3 Å². The molecule has 158 valence electrons. The van der Waals surface area contributed by atoms with Crippen molar-refractivity contribution in [2.45, 2.75) is 27.0 Å². The number of benzene rings is 2. The Labute approximate surface area is 190 Å². The van der Waals surface area contributed by atoms with E-state index in [-0.39, 0.29) is 5.91 Å². The third kappa shape index (κ3) is 5.34. The minimum Gasteiger partial charge on any atom is -0.489 e. The minimum absolute atomic E-state index is 0.241. The highest BCUT2D eigenvalue weighted by Crippen LogP contribution is 2.24. The highest BCUT2D eigenvalue weighted by molar-refractivity contribution is 7.12. The molecule has 31 heavy (non-hydrogen) atoms. The molecule has 5 nitrogen and oxygen atoms in total. The van der Waals surface area contributed by atoms with Gasteiger partial charge in [0.05, 0.1) is 11.4 Å². The zero-order chi connectivity index (χ0) is 21.8. The van der Waals surface area contributed by atoms with Gasteiger partial charge in [0.25, 0.3) is 5.91 Å². The fourth-order valence-corrected chi connectivity index (χ4v) is 4.17. The van der Waals surface area contributed by atoms with E-state index in [1.54, 1.807) is 10.9 Å². The Kier molecular flexibility index (Phi) is 6.39. The first-order chi connectivity index (χ1) is 15.0. The average Bonchev–Trinajstić information content (AvgIpc) is 3.34. The summed E-state index contributed by atoms with van der Waals surface area (Å²) in [6.45, 7) is 5.04. The Morgan fingerprint density at radius 1 is 1.13 bits per heavy atom. The number of amides is 1. The topological polar surface area (TPSA) is 56.2 Å². The zero-order valence-electron chi connectivity index (χ0n) is 17.3. The third-order valence-electron chi connectivity index (χ3n) is 4.74. The van der Waals surface area contributed by atoms with Crippen LogP contribution in [-0.2, 0) is 13.2 Å². The number of aryl methyl sites for hydroxylation is 2. The number of halogens is 1. The third-order valence-corrected chi connectivity index (χ3v) is 6.00. The number of anilines is 1. The lowest BCUT2D eigenvalue weighted by Crippen LogP contribution is -2.11. The van der Waals surface area contributed by atoms with Crippen molar-refractivity contribution in [2.75, 3.05) is 5.32 Å². The molecule has 0 fully saturated rings. The van der Waals surface area contributed by atoms with Crippen LogP contribution in [0.25, 0.3) is 0 Å². The van der Waals surface area contributed by atoms with E-state index >= 15 is 0 Å². The van der Waals surface area contributed by atoms with Crippen LogP contribution in [0.3, 0.4) is 0 Å². The summed E-state index contributed by atoms with van der Waals surface area (Å²) in [5, 5.41) is 9.56. The van der Waals surface area contributed by atoms with Gasteiger partial charge in [-0.1, -0.05) is 59.6 Å². The van der Waals surface area contributed by atoms with Crippen molar-refractivity contribution >= 4 is 34.7 Å². The van der Waals surface area contributed by atoms with Crippen molar-refractivity contribution < 1.29 is 9.53 Å². The molecule has 1 amide bonds. The van der Waals surface area contributed by atoms with Gasteiger partial charge in [-0.3, -0.25) is 9.48 Å². The first-order valence-electron chi connectivity index (χ1n) is 9.83. The van der Waals surface area contributed by atoms with E-state index in [2.05, 4.69) is 16.5 Å². The van der Waals surface area contributed by atoms with E-state index < -0.39 is 0 Å². The number of carbonyl (C=O) groups excluding carboxylic acids is 1. The number of ether oxygens (including phenoxy) is 1. The lowest BCUT2D eigenvalue weighted by molar-refractivity contribution is 0.103. The number of hydrogen-bond acceptors (Lipinski definition) is 4. The van der Waals surface area contributed by atoms with Gasteiger partial charge < -0.3 is 10.1 Å². The summed E-state index contributed by atoms with van der Waals surface area (Å²) in [4.78, 5) is 13.2. The lowest BCUT2D eigenvalue weighted by atomic mass is 10.1. The monoisotopic (exact) mass is 451 g/mol. The highest BCUT2D eigenvalue weighted by atomic mass is 35.5. The Bertz CT molecular complexity index is 1220. The molecule has 1 N–H and O–H groups in total. The Balaban J connectivity index is 1.38. The fraction of sp³-hybridized carbons (Fsp3) is 0.167. The fourth-order valence-electron chi connectivity index (χ4n) is 3.18. The smallest absolute Gasteiger partial charge is 0.266 e. The number of rotatable bonds is 7. The van der Waals surface area contributed by atoms with Crippen molar-refractivity contribution in [1.29, 1.82) is 0 Å². The SMILES string of the molecule is Cc1cccc(Cn2cc(Cl)c(NC(=O)c3cc(COc4ccccc4C)cs3)n2)c1. The molecule has 4 rings (SSSR count). The van der Waals surface area contributed by atoms with Crippen molar-refractivity contribution in [2.24, 2.45) is 0 Å². The van der Waals surface area contributed by atoms with Crippen LogP contribution in [0.5, 0.6) is 5.75 Å². The van der Waals surface area contributed by atoms with Gasteiger partial charge in [-0.15, -0.1) is 11.3 Å². The maximum atomic E-state index is 12.7. The maximum Gasteiger partial charge on any atom is 0.266 e. The molecule has 2 aromatic carbocycles. The number of para-hydroxylation sites is 1. The van der Waals surface area contributed by atoms with Gasteiger partial charge in [0, 0.05) is 11.8 Å². The molecule has 0 saturated heterocycles. The summed E-state index contributed by atoms with van der Waals surface area (Å²) in [5.41, 5.74) is 4.32. The quantitative estimate of drug-likeness (QED) is 0.369. The van der Waals surface area contributed by atoms with Crippen LogP contribution < -0.4 is 10.1 Å². The van der Waals surface area contributed by atoms with Crippen LogP contribution in [0, 0.1) is 13.8 Å². The molecule has 2 heterocycles. The maximum absolute atomic E-state index is 12.7. The summed E-state index contributed by atoms with van der Waals surface area (Å²) >= 11 is 7.66. The molecule has 0 bridgehead atoms. The van der Waals surface area contributed by atoms with Gasteiger partial charge in [-0.05, 0) is 42.5 Å². The van der Waals surface area contributed by atoms with Crippen LogP contribution in [0.1, 0.15) is 31.9 Å². The van der Waals surface area contributed by atoms with E-state index in [1.807, 2.05) is 67.8 Å². The molecule has 0 atom stereocenters. The van der Waals surface area contributed by atoms with Crippen molar-refractivity contribution in [3.63, 3.8) is 0 Å². The number of thiophene rings is 1. The molecule has 2 aromatic heterocycles. The summed E-state index contributed by atoms with van der Waals surface area (Å²) in [7, 11) is 0. The molecule has 4 aromatic rings. The van der Waals surface area contributed by atoms with Crippen LogP contribution >= 0.6 is 22.9 Å². The number of hydrogen-bond donors (Lipinski definition) is 1. The van der Waals surface area contributed by atoms with E-state index in [1.165, 1.54) is 16.9 Å². The zero-order valence-corrected chi connectivity index (χ0v) is 18.8. The predicted octanol–water partition coefficient (Wildman–Crippen LogP) is 6.09. The van der Waals surface area contributed by atoms with E-state index in [9.17, 15) is 4.79 Å². The summed E-state index contributed by atoms with van der Waals surface area (Å²) in [5.74, 6) is 0.950. The van der Waals surface area contributed by atoms with Gasteiger partial charge in [-0.2, -0.15) is 5.10 Å². The highest BCUT2D eigenvalue weighted by Gasteiger charge is 2.15. The Morgan fingerprint density at radius 2 is 1.97 bits per heavy atom. The summed E-state index contributed by atoms with van der Waals surface area (Å²) < 4.78 is 7.58. The Morgan fingerprint density at radius 3 is 2.77 bits per heavy atom. The second kappa shape index (κ2) is 9.37. The molecule has 7 heteroatoms. The number of nitrogens with one attached hydrogen (secondary N) is 1. The predicted molar refractivity (Wildman–Crippen MR) is 125 cm³/mol. The second-order valence-corrected chi connectivity index (χ2v) is 8.66. The molecule has 0 saturated carbocycles. The first kappa shape index (κ1) is 21.2. The summed E-state index contributed by atoms with van der Waals surface area (Å²) in [6.07, 6.45) is 1.72. The molecule has 0 aliphatic carbocycles. The van der Waals surface area contributed by atoms with Crippen LogP contribution in [-0.4, -0.2) is 15.7 Å². The lowest BCUT2D eigenvalue weighted by Gasteiger charge is -2.07. The van der Waals surface area contributed by atoms with E-state index in [0.29, 0.717) is 28.9 Å².